The lowest BCUT2D eigenvalue weighted by Gasteiger charge is -2.35. The van der Waals surface area contributed by atoms with Crippen LogP contribution in [0.4, 0.5) is 0 Å². The van der Waals surface area contributed by atoms with E-state index in [9.17, 15) is 4.79 Å². The molecular weight excluding hydrogens is 388 g/mol. The SMILES string of the molecule is C[C@H](CC(=O)N1CCN(Cc2noc(-c3ccccc3Cl)n2)CC1)CC(C)(C)C. The Morgan fingerprint density at radius 1 is 1.21 bits per heavy atom. The van der Waals surface area contributed by atoms with E-state index in [0.717, 1.165) is 38.2 Å². The number of benzene rings is 1. The maximum atomic E-state index is 12.6. The molecule has 1 saturated heterocycles. The lowest BCUT2D eigenvalue weighted by molar-refractivity contribution is -0.134. The molecule has 1 aliphatic heterocycles. The van der Waals surface area contributed by atoms with Gasteiger partial charge < -0.3 is 9.42 Å². The van der Waals surface area contributed by atoms with Crippen LogP contribution in [-0.2, 0) is 11.3 Å². The van der Waals surface area contributed by atoms with Crippen LogP contribution in [0.2, 0.25) is 5.02 Å². The first-order valence-corrected chi connectivity index (χ1v) is 10.7. The van der Waals surface area contributed by atoms with Crippen molar-refractivity contribution in [1.82, 2.24) is 19.9 Å². The Balaban J connectivity index is 1.48. The fraction of sp³-hybridized carbons (Fsp3) is 0.591. The molecule has 1 aromatic heterocycles. The van der Waals surface area contributed by atoms with Crippen molar-refractivity contribution in [2.24, 2.45) is 11.3 Å². The maximum Gasteiger partial charge on any atom is 0.259 e. The third-order valence-corrected chi connectivity index (χ3v) is 5.48. The molecule has 158 valence electrons. The minimum atomic E-state index is 0.256. The summed E-state index contributed by atoms with van der Waals surface area (Å²) in [6, 6.07) is 7.43. The second-order valence-corrected chi connectivity index (χ2v) is 9.63. The van der Waals surface area contributed by atoms with Crippen LogP contribution in [0.25, 0.3) is 11.5 Å². The van der Waals surface area contributed by atoms with E-state index in [1.807, 2.05) is 23.1 Å². The van der Waals surface area contributed by atoms with E-state index >= 15 is 0 Å². The fourth-order valence-corrected chi connectivity index (χ4v) is 4.18. The Kier molecular flexibility index (Phi) is 6.96. The van der Waals surface area contributed by atoms with Crippen molar-refractivity contribution in [3.05, 3.63) is 35.1 Å². The first-order valence-electron chi connectivity index (χ1n) is 10.3. The van der Waals surface area contributed by atoms with Crippen LogP contribution in [0.15, 0.2) is 28.8 Å². The molecule has 0 radical (unpaired) electrons. The molecular formula is C22H31ClN4O2. The van der Waals surface area contributed by atoms with Gasteiger partial charge in [-0.25, -0.2) is 0 Å². The summed E-state index contributed by atoms with van der Waals surface area (Å²) in [6.07, 6.45) is 1.69. The molecule has 0 aliphatic carbocycles. The van der Waals surface area contributed by atoms with Crippen LogP contribution in [-0.4, -0.2) is 52.0 Å². The van der Waals surface area contributed by atoms with E-state index in [1.165, 1.54) is 0 Å². The number of piperazine rings is 1. The topological polar surface area (TPSA) is 62.5 Å². The van der Waals surface area contributed by atoms with E-state index in [-0.39, 0.29) is 11.3 Å². The number of rotatable bonds is 6. The molecule has 29 heavy (non-hydrogen) atoms. The van der Waals surface area contributed by atoms with Crippen LogP contribution >= 0.6 is 11.6 Å². The molecule has 0 N–H and O–H groups in total. The summed E-state index contributed by atoms with van der Waals surface area (Å²) in [7, 11) is 0. The molecule has 6 nitrogen and oxygen atoms in total. The molecule has 0 spiro atoms. The first kappa shape index (κ1) is 21.8. The van der Waals surface area contributed by atoms with Gasteiger partial charge in [0.2, 0.25) is 5.91 Å². The molecule has 7 heteroatoms. The number of halogens is 1. The molecule has 2 aromatic rings. The highest BCUT2D eigenvalue weighted by molar-refractivity contribution is 6.33. The Hall–Kier alpha value is -1.92. The number of carbonyl (C=O) groups excluding carboxylic acids is 1. The number of amides is 1. The van der Waals surface area contributed by atoms with Crippen molar-refractivity contribution in [1.29, 1.82) is 0 Å². The first-order chi connectivity index (χ1) is 13.7. The van der Waals surface area contributed by atoms with Crippen molar-refractivity contribution >= 4 is 17.5 Å². The third-order valence-electron chi connectivity index (χ3n) is 5.15. The number of hydrogen-bond acceptors (Lipinski definition) is 5. The van der Waals surface area contributed by atoms with Crippen molar-refractivity contribution in [2.75, 3.05) is 26.2 Å². The molecule has 0 unspecified atom stereocenters. The Morgan fingerprint density at radius 3 is 2.55 bits per heavy atom. The fourth-order valence-electron chi connectivity index (χ4n) is 3.96. The van der Waals surface area contributed by atoms with Gasteiger partial charge in [-0.05, 0) is 29.9 Å². The summed E-state index contributed by atoms with van der Waals surface area (Å²) in [4.78, 5) is 21.3. The van der Waals surface area contributed by atoms with Gasteiger partial charge in [0, 0.05) is 32.6 Å². The van der Waals surface area contributed by atoms with Gasteiger partial charge in [0.1, 0.15) is 0 Å². The van der Waals surface area contributed by atoms with Gasteiger partial charge in [0.25, 0.3) is 5.89 Å². The predicted molar refractivity (Wildman–Crippen MR) is 114 cm³/mol. The summed E-state index contributed by atoms with van der Waals surface area (Å²) in [6.45, 7) is 12.6. The van der Waals surface area contributed by atoms with Gasteiger partial charge in [0.05, 0.1) is 17.1 Å². The smallest absolute Gasteiger partial charge is 0.259 e. The van der Waals surface area contributed by atoms with Crippen LogP contribution in [0.3, 0.4) is 0 Å². The van der Waals surface area contributed by atoms with Crippen LogP contribution in [0, 0.1) is 11.3 Å². The van der Waals surface area contributed by atoms with Gasteiger partial charge in [0.15, 0.2) is 5.82 Å². The van der Waals surface area contributed by atoms with Gasteiger partial charge in [-0.1, -0.05) is 56.6 Å². The summed E-state index contributed by atoms with van der Waals surface area (Å²) in [5, 5.41) is 4.68. The van der Waals surface area contributed by atoms with E-state index in [1.54, 1.807) is 6.07 Å². The normalized spacial score (nSPS) is 16.8. The van der Waals surface area contributed by atoms with Crippen LogP contribution in [0.1, 0.15) is 46.4 Å². The van der Waals surface area contributed by atoms with Crippen LogP contribution < -0.4 is 0 Å². The van der Waals surface area contributed by atoms with Gasteiger partial charge in [-0.3, -0.25) is 9.69 Å². The molecule has 1 fully saturated rings. The Morgan fingerprint density at radius 2 is 1.90 bits per heavy atom. The lowest BCUT2D eigenvalue weighted by Crippen LogP contribution is -2.48. The largest absolute Gasteiger partial charge is 0.340 e. The second-order valence-electron chi connectivity index (χ2n) is 9.23. The summed E-state index contributed by atoms with van der Waals surface area (Å²) in [5.74, 6) is 1.75. The summed E-state index contributed by atoms with van der Waals surface area (Å²) in [5.41, 5.74) is 0.999. The highest BCUT2D eigenvalue weighted by Crippen LogP contribution is 2.27. The quantitative estimate of drug-likeness (QED) is 0.691. The van der Waals surface area contributed by atoms with Gasteiger partial charge >= 0.3 is 0 Å². The number of hydrogen-bond donors (Lipinski definition) is 0. The molecule has 1 amide bonds. The molecule has 0 saturated carbocycles. The lowest BCUT2D eigenvalue weighted by atomic mass is 9.84. The molecule has 1 atom stereocenters. The van der Waals surface area contributed by atoms with Crippen molar-refractivity contribution in [3.8, 4) is 11.5 Å². The zero-order valence-corrected chi connectivity index (χ0v) is 18.6. The average molecular weight is 419 g/mol. The Labute approximate surface area is 178 Å². The zero-order valence-electron chi connectivity index (χ0n) is 17.8. The van der Waals surface area contributed by atoms with E-state index in [4.69, 9.17) is 16.1 Å². The van der Waals surface area contributed by atoms with Gasteiger partial charge in [-0.15, -0.1) is 0 Å². The third kappa shape index (κ3) is 6.28. The van der Waals surface area contributed by atoms with Gasteiger partial charge in [-0.2, -0.15) is 4.98 Å². The van der Waals surface area contributed by atoms with Crippen molar-refractivity contribution in [3.63, 3.8) is 0 Å². The standard InChI is InChI=1S/C22H31ClN4O2/c1-16(14-22(2,3)4)13-20(28)27-11-9-26(10-12-27)15-19-24-21(29-25-19)17-7-5-6-8-18(17)23/h5-8,16H,9-15H2,1-4H3/t16-/m1/s1. The molecule has 1 aromatic carbocycles. The predicted octanol–water partition coefficient (Wildman–Crippen LogP) is 4.50. The number of nitrogens with zero attached hydrogens (tertiary/aromatic N) is 4. The molecule has 3 rings (SSSR count). The molecule has 1 aliphatic rings. The minimum absolute atomic E-state index is 0.256. The van der Waals surface area contributed by atoms with Crippen molar-refractivity contribution in [2.45, 2.75) is 47.1 Å². The van der Waals surface area contributed by atoms with E-state index in [0.29, 0.717) is 35.6 Å². The monoisotopic (exact) mass is 418 g/mol. The summed E-state index contributed by atoms with van der Waals surface area (Å²) < 4.78 is 5.38. The Bertz CT molecular complexity index is 822. The number of carbonyl (C=O) groups is 1. The minimum Gasteiger partial charge on any atom is -0.340 e. The molecule has 0 bridgehead atoms. The highest BCUT2D eigenvalue weighted by Gasteiger charge is 2.25. The molecule has 2 heterocycles. The van der Waals surface area contributed by atoms with Crippen LogP contribution in [0.5, 0.6) is 0 Å². The highest BCUT2D eigenvalue weighted by atomic mass is 35.5. The summed E-state index contributed by atoms with van der Waals surface area (Å²) >= 11 is 6.20. The van der Waals surface area contributed by atoms with Crippen molar-refractivity contribution < 1.29 is 9.32 Å². The number of aromatic nitrogens is 2. The van der Waals surface area contributed by atoms with E-state index in [2.05, 4.69) is 42.7 Å². The van der Waals surface area contributed by atoms with E-state index < -0.39 is 0 Å². The second kappa shape index (κ2) is 9.26. The zero-order chi connectivity index (χ0) is 21.0. The average Bonchev–Trinajstić information content (AvgIpc) is 3.09. The maximum absolute atomic E-state index is 12.6.